The summed E-state index contributed by atoms with van der Waals surface area (Å²) < 4.78 is 5.18. The Hall–Kier alpha value is -3.62. The molecule has 0 aliphatic rings. The van der Waals surface area contributed by atoms with Crippen molar-refractivity contribution in [3.05, 3.63) is 52.6 Å². The molecule has 28 heavy (non-hydrogen) atoms. The lowest BCUT2D eigenvalue weighted by atomic mass is 10.2. The molecule has 0 heterocycles. The number of nitro groups is 1. The van der Waals surface area contributed by atoms with Crippen molar-refractivity contribution >= 4 is 34.6 Å². The summed E-state index contributed by atoms with van der Waals surface area (Å²) >= 11 is 0. The van der Waals surface area contributed by atoms with Gasteiger partial charge >= 0.3 is 0 Å². The van der Waals surface area contributed by atoms with Gasteiger partial charge in [0.15, 0.2) is 0 Å². The van der Waals surface area contributed by atoms with E-state index in [4.69, 9.17) is 4.74 Å². The van der Waals surface area contributed by atoms with Gasteiger partial charge in [0.25, 0.3) is 5.69 Å². The molecule has 0 radical (unpaired) electrons. The minimum Gasteiger partial charge on any atom is -0.495 e. The van der Waals surface area contributed by atoms with Crippen molar-refractivity contribution in [3.63, 3.8) is 0 Å². The van der Waals surface area contributed by atoms with Crippen LogP contribution < -0.4 is 20.7 Å². The van der Waals surface area contributed by atoms with E-state index in [2.05, 4.69) is 16.0 Å². The number of benzene rings is 2. The minimum atomic E-state index is -0.454. The zero-order valence-electron chi connectivity index (χ0n) is 15.7. The molecule has 0 fully saturated rings. The molecule has 0 aliphatic carbocycles. The highest BCUT2D eigenvalue weighted by atomic mass is 16.6. The standard InChI is InChI=1S/C19H22N4O5/c1-13(24)21-17-12-15(7-10-18(17)28-2)22-19(25)4-3-11-20-14-5-8-16(9-6-14)23(26)27/h5-10,12,20H,3-4,11H2,1-2H3,(H,21,24)(H,22,25). The molecule has 9 heteroatoms. The van der Waals surface area contributed by atoms with E-state index < -0.39 is 4.92 Å². The van der Waals surface area contributed by atoms with Crippen LogP contribution in [0.2, 0.25) is 0 Å². The molecule has 0 saturated heterocycles. The molecule has 2 aromatic carbocycles. The van der Waals surface area contributed by atoms with Crippen LogP contribution in [0.1, 0.15) is 19.8 Å². The highest BCUT2D eigenvalue weighted by Crippen LogP contribution is 2.28. The molecule has 0 spiro atoms. The van der Waals surface area contributed by atoms with Gasteiger partial charge in [-0.05, 0) is 36.8 Å². The summed E-state index contributed by atoms with van der Waals surface area (Å²) in [6.45, 7) is 1.94. The molecule has 0 aliphatic heterocycles. The maximum absolute atomic E-state index is 12.1. The van der Waals surface area contributed by atoms with Crippen molar-refractivity contribution in [2.24, 2.45) is 0 Å². The molecule has 0 atom stereocenters. The average Bonchev–Trinajstić information content (AvgIpc) is 2.65. The van der Waals surface area contributed by atoms with Crippen LogP contribution in [0.15, 0.2) is 42.5 Å². The number of nitro benzene ring substituents is 1. The lowest BCUT2D eigenvalue weighted by molar-refractivity contribution is -0.384. The largest absolute Gasteiger partial charge is 0.495 e. The third kappa shape index (κ3) is 6.27. The normalized spacial score (nSPS) is 10.1. The molecule has 0 saturated carbocycles. The van der Waals surface area contributed by atoms with Crippen LogP contribution >= 0.6 is 0 Å². The van der Waals surface area contributed by atoms with Gasteiger partial charge in [0.1, 0.15) is 5.75 Å². The second kappa shape index (κ2) is 9.91. The number of carbonyl (C=O) groups is 2. The van der Waals surface area contributed by atoms with Crippen molar-refractivity contribution in [1.29, 1.82) is 0 Å². The van der Waals surface area contributed by atoms with Gasteiger partial charge in [-0.2, -0.15) is 0 Å². The molecule has 3 N–H and O–H groups in total. The first-order valence-corrected chi connectivity index (χ1v) is 8.63. The number of amides is 2. The Morgan fingerprint density at radius 1 is 1.07 bits per heavy atom. The number of carbonyl (C=O) groups excluding carboxylic acids is 2. The molecular formula is C19H22N4O5. The number of nitrogens with zero attached hydrogens (tertiary/aromatic N) is 1. The Balaban J connectivity index is 1.80. The van der Waals surface area contributed by atoms with Crippen molar-refractivity contribution in [2.75, 3.05) is 29.6 Å². The smallest absolute Gasteiger partial charge is 0.269 e. The summed E-state index contributed by atoms with van der Waals surface area (Å²) in [7, 11) is 1.50. The first kappa shape index (κ1) is 20.7. The first-order chi connectivity index (χ1) is 13.4. The SMILES string of the molecule is COc1ccc(NC(=O)CCCNc2ccc([N+](=O)[O-])cc2)cc1NC(C)=O. The van der Waals surface area contributed by atoms with Gasteiger partial charge in [0.05, 0.1) is 17.7 Å². The molecule has 2 rings (SSSR count). The Morgan fingerprint density at radius 3 is 2.36 bits per heavy atom. The third-order valence-corrected chi connectivity index (χ3v) is 3.78. The minimum absolute atomic E-state index is 0.0306. The maximum atomic E-state index is 12.1. The number of non-ortho nitro benzene ring substituents is 1. The second-order valence-electron chi connectivity index (χ2n) is 5.98. The highest BCUT2D eigenvalue weighted by Gasteiger charge is 2.09. The molecule has 0 unspecified atom stereocenters. The summed E-state index contributed by atoms with van der Waals surface area (Å²) in [5.74, 6) is 0.101. The first-order valence-electron chi connectivity index (χ1n) is 8.63. The Bertz CT molecular complexity index is 852. The number of hydrogen-bond acceptors (Lipinski definition) is 6. The number of rotatable bonds is 9. The third-order valence-electron chi connectivity index (χ3n) is 3.78. The van der Waals surface area contributed by atoms with Crippen LogP contribution in [0, 0.1) is 10.1 Å². The lowest BCUT2D eigenvalue weighted by Gasteiger charge is -2.12. The van der Waals surface area contributed by atoms with Gasteiger partial charge in [-0.15, -0.1) is 0 Å². The van der Waals surface area contributed by atoms with Crippen LogP contribution in [-0.4, -0.2) is 30.4 Å². The number of ether oxygens (including phenoxy) is 1. The van der Waals surface area contributed by atoms with Crippen LogP contribution in [0.3, 0.4) is 0 Å². The Kier molecular flexibility index (Phi) is 7.32. The van der Waals surface area contributed by atoms with Crippen molar-refractivity contribution in [1.82, 2.24) is 0 Å². The van der Waals surface area contributed by atoms with E-state index >= 15 is 0 Å². The summed E-state index contributed by atoms with van der Waals surface area (Å²) in [5, 5.41) is 19.2. The van der Waals surface area contributed by atoms with Crippen molar-refractivity contribution in [2.45, 2.75) is 19.8 Å². The molecule has 148 valence electrons. The van der Waals surface area contributed by atoms with Crippen LogP contribution in [0.25, 0.3) is 0 Å². The fraction of sp³-hybridized carbons (Fsp3) is 0.263. The zero-order chi connectivity index (χ0) is 20.5. The van der Waals surface area contributed by atoms with E-state index in [-0.39, 0.29) is 17.5 Å². The van der Waals surface area contributed by atoms with Gasteiger partial charge < -0.3 is 20.7 Å². The molecule has 0 bridgehead atoms. The van der Waals surface area contributed by atoms with Crippen LogP contribution in [0.5, 0.6) is 5.75 Å². The predicted molar refractivity (Wildman–Crippen MR) is 107 cm³/mol. The Morgan fingerprint density at radius 2 is 1.75 bits per heavy atom. The zero-order valence-corrected chi connectivity index (χ0v) is 15.7. The maximum Gasteiger partial charge on any atom is 0.269 e. The van der Waals surface area contributed by atoms with E-state index in [0.29, 0.717) is 36.5 Å². The van der Waals surface area contributed by atoms with Gasteiger partial charge in [-0.1, -0.05) is 0 Å². The predicted octanol–water partition coefficient (Wildman–Crippen LogP) is 3.39. The molecule has 0 aromatic heterocycles. The fourth-order valence-electron chi connectivity index (χ4n) is 2.48. The monoisotopic (exact) mass is 386 g/mol. The topological polar surface area (TPSA) is 123 Å². The van der Waals surface area contributed by atoms with E-state index in [0.717, 1.165) is 5.69 Å². The molecule has 2 aromatic rings. The number of methoxy groups -OCH3 is 1. The number of nitrogens with one attached hydrogen (secondary N) is 3. The quantitative estimate of drug-likeness (QED) is 0.345. The number of anilines is 3. The Labute approximate surface area is 162 Å². The summed E-state index contributed by atoms with van der Waals surface area (Å²) in [6.07, 6.45) is 0.874. The second-order valence-corrected chi connectivity index (χ2v) is 5.98. The van der Waals surface area contributed by atoms with E-state index in [9.17, 15) is 19.7 Å². The highest BCUT2D eigenvalue weighted by molar-refractivity contribution is 5.94. The molecular weight excluding hydrogens is 364 g/mol. The van der Waals surface area contributed by atoms with E-state index in [1.165, 1.54) is 26.2 Å². The van der Waals surface area contributed by atoms with Gasteiger partial charge in [0, 0.05) is 43.4 Å². The fourth-order valence-corrected chi connectivity index (χ4v) is 2.48. The lowest BCUT2D eigenvalue weighted by Crippen LogP contribution is -2.14. The van der Waals surface area contributed by atoms with E-state index in [1.807, 2.05) is 0 Å². The summed E-state index contributed by atoms with van der Waals surface area (Å²) in [6, 6.07) is 11.1. The van der Waals surface area contributed by atoms with Crippen molar-refractivity contribution < 1.29 is 19.2 Å². The van der Waals surface area contributed by atoms with Crippen LogP contribution in [0.4, 0.5) is 22.7 Å². The van der Waals surface area contributed by atoms with E-state index in [1.54, 1.807) is 30.3 Å². The van der Waals surface area contributed by atoms with Gasteiger partial charge in [-0.25, -0.2) is 0 Å². The van der Waals surface area contributed by atoms with Gasteiger partial charge in [0.2, 0.25) is 11.8 Å². The molecule has 2 amide bonds. The van der Waals surface area contributed by atoms with Crippen LogP contribution in [-0.2, 0) is 9.59 Å². The number of hydrogen-bond donors (Lipinski definition) is 3. The summed E-state index contributed by atoms with van der Waals surface area (Å²) in [4.78, 5) is 33.5. The summed E-state index contributed by atoms with van der Waals surface area (Å²) in [5.41, 5.74) is 1.81. The molecule has 9 nitrogen and oxygen atoms in total. The van der Waals surface area contributed by atoms with Crippen molar-refractivity contribution in [3.8, 4) is 5.75 Å². The average molecular weight is 386 g/mol. The van der Waals surface area contributed by atoms with Gasteiger partial charge in [-0.3, -0.25) is 19.7 Å².